The number of hydrogen-bond acceptors (Lipinski definition) is 6. The molecule has 1 aromatic rings. The zero-order valence-electron chi connectivity index (χ0n) is 13.4. The number of aliphatic carboxylic acids is 1. The largest absolute Gasteiger partial charge is 0.480 e. The number of hydrogen-bond donors (Lipinski definition) is 1. The number of nitrogens with zero attached hydrogens (tertiary/aromatic N) is 2. The molecule has 0 aromatic carbocycles. The number of likely N-dealkylation sites (tertiary alicyclic amines) is 1. The molecule has 1 aromatic heterocycles. The highest BCUT2D eigenvalue weighted by Crippen LogP contribution is 2.24. The molecule has 3 rings (SSSR count). The van der Waals surface area contributed by atoms with Gasteiger partial charge in [0.1, 0.15) is 12.1 Å². The van der Waals surface area contributed by atoms with Crippen molar-refractivity contribution in [3.8, 4) is 5.88 Å². The number of rotatable bonds is 5. The van der Waals surface area contributed by atoms with Crippen molar-refractivity contribution in [1.29, 1.82) is 0 Å². The monoisotopic (exact) mass is 336 g/mol. The Morgan fingerprint density at radius 2 is 2.25 bits per heavy atom. The van der Waals surface area contributed by atoms with E-state index in [0.29, 0.717) is 24.7 Å². The lowest BCUT2D eigenvalue weighted by atomic mass is 10.2. The molecule has 8 heteroatoms. The van der Waals surface area contributed by atoms with Gasteiger partial charge in [-0.2, -0.15) is 0 Å². The van der Waals surface area contributed by atoms with Crippen molar-refractivity contribution in [3.05, 3.63) is 23.9 Å². The summed E-state index contributed by atoms with van der Waals surface area (Å²) < 4.78 is 16.2. The lowest BCUT2D eigenvalue weighted by Crippen LogP contribution is -2.40. The Hall–Kier alpha value is -2.19. The molecule has 3 heterocycles. The number of pyridine rings is 1. The van der Waals surface area contributed by atoms with E-state index < -0.39 is 12.0 Å². The second kappa shape index (κ2) is 7.14. The van der Waals surface area contributed by atoms with Crippen molar-refractivity contribution >= 4 is 11.9 Å². The summed E-state index contributed by atoms with van der Waals surface area (Å²) in [6, 6.07) is 2.21. The first-order valence-electron chi connectivity index (χ1n) is 7.85. The van der Waals surface area contributed by atoms with Crippen molar-refractivity contribution in [2.45, 2.75) is 31.1 Å². The molecule has 1 N–H and O–H groups in total. The maximum absolute atomic E-state index is 12.7. The number of carboxylic acid groups (broad SMARTS) is 1. The lowest BCUT2D eigenvalue weighted by molar-refractivity contribution is -0.141. The average Bonchev–Trinajstić information content (AvgIpc) is 3.23. The molecule has 2 fully saturated rings. The van der Waals surface area contributed by atoms with E-state index in [4.69, 9.17) is 14.2 Å². The second-order valence-electron chi connectivity index (χ2n) is 5.89. The summed E-state index contributed by atoms with van der Waals surface area (Å²) in [5, 5.41) is 9.34. The molecule has 130 valence electrons. The summed E-state index contributed by atoms with van der Waals surface area (Å²) in [5.41, 5.74) is 0.349. The van der Waals surface area contributed by atoms with Gasteiger partial charge in [0.05, 0.1) is 19.3 Å². The van der Waals surface area contributed by atoms with Gasteiger partial charge in [0.15, 0.2) is 0 Å². The predicted molar refractivity (Wildman–Crippen MR) is 82.0 cm³/mol. The summed E-state index contributed by atoms with van der Waals surface area (Å²) in [5.74, 6) is -1.06. The van der Waals surface area contributed by atoms with E-state index in [0.717, 1.165) is 6.42 Å². The maximum atomic E-state index is 12.7. The third-order valence-electron chi connectivity index (χ3n) is 4.30. The average molecular weight is 336 g/mol. The number of amides is 1. The minimum atomic E-state index is -1.03. The molecule has 1 amide bonds. The highest BCUT2D eigenvalue weighted by molar-refractivity contribution is 5.97. The topological polar surface area (TPSA) is 98.2 Å². The molecule has 2 aliphatic rings. The molecule has 24 heavy (non-hydrogen) atoms. The van der Waals surface area contributed by atoms with Crippen LogP contribution in [0.3, 0.4) is 0 Å². The Kier molecular flexibility index (Phi) is 4.96. The summed E-state index contributed by atoms with van der Waals surface area (Å²) in [6.45, 7) is 1.40. The fraction of sp³-hybridized carbons (Fsp3) is 0.562. The molecule has 8 nitrogen and oxygen atoms in total. The SMILES string of the molecule is COC1CC(C(=O)O)N(C(=O)c2ccnc(OC3CCOC3)c2)C1. The fourth-order valence-electron chi connectivity index (χ4n) is 2.98. The smallest absolute Gasteiger partial charge is 0.326 e. The molecule has 0 bridgehead atoms. The fourth-order valence-corrected chi connectivity index (χ4v) is 2.98. The van der Waals surface area contributed by atoms with E-state index in [-0.39, 0.29) is 31.1 Å². The summed E-state index contributed by atoms with van der Waals surface area (Å²) in [7, 11) is 1.51. The van der Waals surface area contributed by atoms with Crippen LogP contribution in [0.25, 0.3) is 0 Å². The molecule has 2 saturated heterocycles. The molecule has 0 spiro atoms. The Morgan fingerprint density at radius 3 is 2.92 bits per heavy atom. The van der Waals surface area contributed by atoms with Gasteiger partial charge in [-0.05, 0) is 6.07 Å². The molecule has 0 radical (unpaired) electrons. The van der Waals surface area contributed by atoms with Crippen LogP contribution in [0.2, 0.25) is 0 Å². The number of carbonyl (C=O) groups excluding carboxylic acids is 1. The van der Waals surface area contributed by atoms with Crippen molar-refractivity contribution in [2.24, 2.45) is 0 Å². The maximum Gasteiger partial charge on any atom is 0.326 e. The van der Waals surface area contributed by atoms with Crippen LogP contribution in [0.1, 0.15) is 23.2 Å². The van der Waals surface area contributed by atoms with Crippen molar-refractivity contribution < 1.29 is 28.9 Å². The van der Waals surface area contributed by atoms with Crippen molar-refractivity contribution in [3.63, 3.8) is 0 Å². The summed E-state index contributed by atoms with van der Waals surface area (Å²) in [4.78, 5) is 29.6. The lowest BCUT2D eigenvalue weighted by Gasteiger charge is -2.21. The normalized spacial score (nSPS) is 26.5. The summed E-state index contributed by atoms with van der Waals surface area (Å²) >= 11 is 0. The van der Waals surface area contributed by atoms with Gasteiger partial charge in [-0.1, -0.05) is 0 Å². The van der Waals surface area contributed by atoms with Crippen LogP contribution in [0, 0.1) is 0 Å². The first-order chi connectivity index (χ1) is 11.6. The standard InChI is InChI=1S/C16H20N2O6/c1-22-12-7-13(16(20)21)18(8-12)15(19)10-2-4-17-14(6-10)24-11-3-5-23-9-11/h2,4,6,11-13H,3,5,7-9H2,1H3,(H,20,21). The van der Waals surface area contributed by atoms with Gasteiger partial charge in [-0.3, -0.25) is 4.79 Å². The van der Waals surface area contributed by atoms with Crippen LogP contribution in [0.4, 0.5) is 0 Å². The third-order valence-corrected chi connectivity index (χ3v) is 4.30. The van der Waals surface area contributed by atoms with E-state index in [2.05, 4.69) is 4.98 Å². The van der Waals surface area contributed by atoms with Gasteiger partial charge >= 0.3 is 5.97 Å². The predicted octanol–water partition coefficient (Wildman–Crippen LogP) is 0.563. The number of carbonyl (C=O) groups is 2. The molecular weight excluding hydrogens is 316 g/mol. The van der Waals surface area contributed by atoms with E-state index in [1.165, 1.54) is 18.2 Å². The van der Waals surface area contributed by atoms with Gasteiger partial charge in [0.25, 0.3) is 5.91 Å². The van der Waals surface area contributed by atoms with Crippen molar-refractivity contribution in [1.82, 2.24) is 9.88 Å². The zero-order valence-corrected chi connectivity index (χ0v) is 13.4. The first kappa shape index (κ1) is 16.7. The van der Waals surface area contributed by atoms with Gasteiger partial charge in [-0.25, -0.2) is 9.78 Å². The van der Waals surface area contributed by atoms with Crippen LogP contribution < -0.4 is 4.74 Å². The minimum absolute atomic E-state index is 0.0701. The van der Waals surface area contributed by atoms with Gasteiger partial charge < -0.3 is 24.2 Å². The van der Waals surface area contributed by atoms with Crippen LogP contribution in [0.15, 0.2) is 18.3 Å². The van der Waals surface area contributed by atoms with Gasteiger partial charge in [0.2, 0.25) is 5.88 Å². The third kappa shape index (κ3) is 3.49. The quantitative estimate of drug-likeness (QED) is 0.839. The zero-order chi connectivity index (χ0) is 17.1. The van der Waals surface area contributed by atoms with Crippen LogP contribution >= 0.6 is 0 Å². The van der Waals surface area contributed by atoms with Crippen LogP contribution in [-0.4, -0.2) is 72.0 Å². The van der Waals surface area contributed by atoms with Crippen LogP contribution in [0.5, 0.6) is 5.88 Å². The molecule has 0 aliphatic carbocycles. The van der Waals surface area contributed by atoms with E-state index in [9.17, 15) is 14.7 Å². The first-order valence-corrected chi connectivity index (χ1v) is 7.85. The highest BCUT2D eigenvalue weighted by Gasteiger charge is 2.40. The molecule has 3 atom stereocenters. The van der Waals surface area contributed by atoms with Gasteiger partial charge in [-0.15, -0.1) is 0 Å². The Labute approximate surface area is 139 Å². The van der Waals surface area contributed by atoms with E-state index >= 15 is 0 Å². The van der Waals surface area contributed by atoms with E-state index in [1.807, 2.05) is 0 Å². The highest BCUT2D eigenvalue weighted by atomic mass is 16.5. The number of carboxylic acids is 1. The Morgan fingerprint density at radius 1 is 1.42 bits per heavy atom. The number of aromatic nitrogens is 1. The van der Waals surface area contributed by atoms with Crippen LogP contribution in [-0.2, 0) is 14.3 Å². The van der Waals surface area contributed by atoms with E-state index in [1.54, 1.807) is 12.1 Å². The molecular formula is C16H20N2O6. The molecule has 3 unspecified atom stereocenters. The van der Waals surface area contributed by atoms with Gasteiger partial charge in [0, 0.05) is 44.3 Å². The van der Waals surface area contributed by atoms with Crippen molar-refractivity contribution in [2.75, 3.05) is 26.9 Å². The minimum Gasteiger partial charge on any atom is -0.480 e. The Balaban J connectivity index is 1.75. The second-order valence-corrected chi connectivity index (χ2v) is 5.89. The molecule has 0 saturated carbocycles. The number of methoxy groups -OCH3 is 1. The molecule has 2 aliphatic heterocycles. The Bertz CT molecular complexity index is 616. The number of ether oxygens (including phenoxy) is 3. The summed E-state index contributed by atoms with van der Waals surface area (Å²) in [6.07, 6.45) is 2.20.